The monoisotopic (exact) mass is 342 g/mol. The summed E-state index contributed by atoms with van der Waals surface area (Å²) in [6.07, 6.45) is 2.89. The molecule has 0 heterocycles. The van der Waals surface area contributed by atoms with Crippen molar-refractivity contribution in [1.82, 2.24) is 0 Å². The number of hydrogen-bond donors (Lipinski definition) is 1. The lowest BCUT2D eigenvalue weighted by atomic mass is 10.1. The fourth-order valence-corrected chi connectivity index (χ4v) is 3.18. The van der Waals surface area contributed by atoms with Gasteiger partial charge in [0, 0.05) is 28.9 Å². The summed E-state index contributed by atoms with van der Waals surface area (Å²) < 4.78 is 0. The van der Waals surface area contributed by atoms with Gasteiger partial charge in [0.1, 0.15) is 0 Å². The Kier molecular flexibility index (Phi) is 5.43. The van der Waals surface area contributed by atoms with Gasteiger partial charge in [0.2, 0.25) is 0 Å². The molecule has 2 nitrogen and oxygen atoms in total. The number of aryl methyl sites for hydroxylation is 3. The zero-order chi connectivity index (χ0) is 18.5. The van der Waals surface area contributed by atoms with E-state index in [1.54, 1.807) is 0 Å². The van der Waals surface area contributed by atoms with E-state index in [0.717, 1.165) is 23.5 Å². The Labute approximate surface area is 156 Å². The SMILES string of the molecule is C=CN(c1ccc(Nc2ccc(C)cc2)cc1C)c1ccccc1CC. The molecule has 132 valence electrons. The van der Waals surface area contributed by atoms with E-state index in [-0.39, 0.29) is 0 Å². The highest BCUT2D eigenvalue weighted by molar-refractivity contribution is 5.74. The second-order valence-electron chi connectivity index (χ2n) is 6.53. The van der Waals surface area contributed by atoms with Gasteiger partial charge in [-0.1, -0.05) is 49.4 Å². The lowest BCUT2D eigenvalue weighted by Gasteiger charge is -2.25. The number of hydrogen-bond acceptors (Lipinski definition) is 2. The lowest BCUT2D eigenvalue weighted by molar-refractivity contribution is 1.11. The van der Waals surface area contributed by atoms with Crippen molar-refractivity contribution < 1.29 is 0 Å². The zero-order valence-electron chi connectivity index (χ0n) is 15.8. The van der Waals surface area contributed by atoms with Crippen LogP contribution in [0.25, 0.3) is 0 Å². The normalized spacial score (nSPS) is 10.4. The van der Waals surface area contributed by atoms with Gasteiger partial charge in [0.15, 0.2) is 0 Å². The van der Waals surface area contributed by atoms with E-state index in [9.17, 15) is 0 Å². The highest BCUT2D eigenvalue weighted by atomic mass is 15.1. The van der Waals surface area contributed by atoms with Gasteiger partial charge in [0.05, 0.1) is 0 Å². The van der Waals surface area contributed by atoms with Crippen LogP contribution in [-0.2, 0) is 6.42 Å². The van der Waals surface area contributed by atoms with Crippen molar-refractivity contribution in [2.75, 3.05) is 10.2 Å². The van der Waals surface area contributed by atoms with Crippen LogP contribution in [0.4, 0.5) is 22.7 Å². The Morgan fingerprint density at radius 1 is 0.885 bits per heavy atom. The molecule has 0 unspecified atom stereocenters. The summed E-state index contributed by atoms with van der Waals surface area (Å²) in [6, 6.07) is 23.4. The van der Waals surface area contributed by atoms with Crippen molar-refractivity contribution in [2.24, 2.45) is 0 Å². The van der Waals surface area contributed by atoms with E-state index < -0.39 is 0 Å². The van der Waals surface area contributed by atoms with Gasteiger partial charge in [-0.25, -0.2) is 0 Å². The minimum Gasteiger partial charge on any atom is -0.356 e. The fourth-order valence-electron chi connectivity index (χ4n) is 3.18. The van der Waals surface area contributed by atoms with Crippen molar-refractivity contribution in [3.8, 4) is 0 Å². The molecule has 0 aliphatic carbocycles. The lowest BCUT2D eigenvalue weighted by Crippen LogP contribution is -2.11. The molecule has 26 heavy (non-hydrogen) atoms. The average Bonchev–Trinajstić information content (AvgIpc) is 2.66. The molecule has 0 amide bonds. The fraction of sp³-hybridized carbons (Fsp3) is 0.167. The highest BCUT2D eigenvalue weighted by Gasteiger charge is 2.12. The molecule has 2 heteroatoms. The second-order valence-corrected chi connectivity index (χ2v) is 6.53. The average molecular weight is 342 g/mol. The van der Waals surface area contributed by atoms with E-state index in [4.69, 9.17) is 0 Å². The van der Waals surface area contributed by atoms with E-state index in [0.29, 0.717) is 0 Å². The standard InChI is InChI=1S/C24H26N2/c1-5-20-9-7-8-10-24(20)26(6-2)23-16-15-22(17-19(23)4)25-21-13-11-18(3)12-14-21/h6-17,25H,2,5H2,1,3-4H3. The maximum absolute atomic E-state index is 4.04. The Balaban J connectivity index is 1.90. The molecule has 0 radical (unpaired) electrons. The van der Waals surface area contributed by atoms with Crippen LogP contribution in [0.1, 0.15) is 23.6 Å². The van der Waals surface area contributed by atoms with Crippen molar-refractivity contribution in [3.63, 3.8) is 0 Å². The van der Waals surface area contributed by atoms with Crippen LogP contribution in [0.5, 0.6) is 0 Å². The van der Waals surface area contributed by atoms with Crippen LogP contribution >= 0.6 is 0 Å². The highest BCUT2D eigenvalue weighted by Crippen LogP contribution is 2.33. The summed E-state index contributed by atoms with van der Waals surface area (Å²) in [5.41, 5.74) is 8.30. The van der Waals surface area contributed by atoms with E-state index in [1.807, 2.05) is 6.20 Å². The number of nitrogens with one attached hydrogen (secondary N) is 1. The van der Waals surface area contributed by atoms with Gasteiger partial charge < -0.3 is 10.2 Å². The molecule has 0 fully saturated rings. The molecule has 0 bridgehead atoms. The molecule has 0 atom stereocenters. The van der Waals surface area contributed by atoms with Crippen LogP contribution in [0, 0.1) is 13.8 Å². The van der Waals surface area contributed by atoms with Gasteiger partial charge in [-0.2, -0.15) is 0 Å². The second kappa shape index (κ2) is 7.92. The molecule has 3 rings (SSSR count). The molecule has 0 aliphatic heterocycles. The first-order valence-electron chi connectivity index (χ1n) is 9.06. The van der Waals surface area contributed by atoms with Gasteiger partial charge in [0.25, 0.3) is 0 Å². The van der Waals surface area contributed by atoms with Gasteiger partial charge in [-0.05, 0) is 67.8 Å². The molecule has 3 aromatic carbocycles. The van der Waals surface area contributed by atoms with E-state index in [1.165, 1.54) is 22.4 Å². The number of anilines is 4. The molecule has 3 aromatic rings. The molecule has 0 saturated carbocycles. The summed E-state index contributed by atoms with van der Waals surface area (Å²) in [5.74, 6) is 0. The number of rotatable bonds is 6. The molecule has 0 aromatic heterocycles. The van der Waals surface area contributed by atoms with Crippen molar-refractivity contribution in [1.29, 1.82) is 0 Å². The van der Waals surface area contributed by atoms with Crippen LogP contribution in [0.15, 0.2) is 79.5 Å². The summed E-state index contributed by atoms with van der Waals surface area (Å²) in [5, 5.41) is 3.47. The van der Waals surface area contributed by atoms with E-state index >= 15 is 0 Å². The summed E-state index contributed by atoms with van der Waals surface area (Å²) in [6.45, 7) is 10.5. The van der Waals surface area contributed by atoms with Crippen LogP contribution < -0.4 is 10.2 Å². The molecule has 0 spiro atoms. The van der Waals surface area contributed by atoms with Crippen LogP contribution in [0.2, 0.25) is 0 Å². The third kappa shape index (κ3) is 3.80. The Morgan fingerprint density at radius 3 is 2.23 bits per heavy atom. The first-order valence-corrected chi connectivity index (χ1v) is 9.06. The van der Waals surface area contributed by atoms with Crippen molar-refractivity contribution >= 4 is 22.7 Å². The van der Waals surface area contributed by atoms with E-state index in [2.05, 4.69) is 104 Å². The Hall–Kier alpha value is -3.00. The molecule has 0 aliphatic rings. The maximum atomic E-state index is 4.04. The minimum atomic E-state index is 0.993. The predicted octanol–water partition coefficient (Wildman–Crippen LogP) is 6.89. The van der Waals surface area contributed by atoms with Gasteiger partial charge >= 0.3 is 0 Å². The minimum absolute atomic E-state index is 0.993. The first-order chi connectivity index (χ1) is 12.6. The van der Waals surface area contributed by atoms with Crippen LogP contribution in [-0.4, -0.2) is 0 Å². The molecule has 0 saturated heterocycles. The summed E-state index contributed by atoms with van der Waals surface area (Å²) >= 11 is 0. The third-order valence-electron chi connectivity index (χ3n) is 4.61. The molecular weight excluding hydrogens is 316 g/mol. The molecular formula is C24H26N2. The summed E-state index contributed by atoms with van der Waals surface area (Å²) in [7, 11) is 0. The van der Waals surface area contributed by atoms with Crippen molar-refractivity contribution in [2.45, 2.75) is 27.2 Å². The zero-order valence-corrected chi connectivity index (χ0v) is 15.8. The molecule has 1 N–H and O–H groups in total. The van der Waals surface area contributed by atoms with Gasteiger partial charge in [-0.15, -0.1) is 0 Å². The largest absolute Gasteiger partial charge is 0.356 e. The summed E-state index contributed by atoms with van der Waals surface area (Å²) in [4.78, 5) is 2.17. The van der Waals surface area contributed by atoms with Crippen molar-refractivity contribution in [3.05, 3.63) is 96.2 Å². The predicted molar refractivity (Wildman–Crippen MR) is 114 cm³/mol. The number of nitrogens with zero attached hydrogens (tertiary/aromatic N) is 1. The Morgan fingerprint density at radius 2 is 1.58 bits per heavy atom. The number of benzene rings is 3. The van der Waals surface area contributed by atoms with Crippen LogP contribution in [0.3, 0.4) is 0 Å². The van der Waals surface area contributed by atoms with Gasteiger partial charge in [-0.3, -0.25) is 0 Å². The third-order valence-corrected chi connectivity index (χ3v) is 4.61. The smallest absolute Gasteiger partial charge is 0.0487 e. The Bertz CT molecular complexity index is 894. The number of para-hydroxylation sites is 1. The maximum Gasteiger partial charge on any atom is 0.0487 e. The quantitative estimate of drug-likeness (QED) is 0.524. The first kappa shape index (κ1) is 17.8. The topological polar surface area (TPSA) is 15.3 Å².